The molecule has 8 nitrogen and oxygen atoms in total. The van der Waals surface area contributed by atoms with Crippen molar-refractivity contribution >= 4 is 29.9 Å². The zero-order valence-electron chi connectivity index (χ0n) is 17.9. The predicted octanol–water partition coefficient (Wildman–Crippen LogP) is 2.60. The van der Waals surface area contributed by atoms with Crippen LogP contribution in [0.3, 0.4) is 0 Å². The van der Waals surface area contributed by atoms with Gasteiger partial charge in [-0.05, 0) is 13.0 Å². The van der Waals surface area contributed by atoms with Crippen molar-refractivity contribution in [2.45, 2.75) is 19.6 Å². The average molecular weight is 529 g/mol. The van der Waals surface area contributed by atoms with E-state index < -0.39 is 0 Å². The van der Waals surface area contributed by atoms with Crippen LogP contribution in [0.5, 0.6) is 5.75 Å². The van der Waals surface area contributed by atoms with Crippen molar-refractivity contribution in [1.29, 1.82) is 0 Å². The molecule has 2 aromatic rings. The lowest BCUT2D eigenvalue weighted by Gasteiger charge is -2.34. The number of aryl methyl sites for hydroxylation is 1. The third-order valence-corrected chi connectivity index (χ3v) is 4.74. The molecule has 0 radical (unpaired) electrons. The van der Waals surface area contributed by atoms with Crippen molar-refractivity contribution in [1.82, 2.24) is 20.0 Å². The van der Waals surface area contributed by atoms with E-state index in [-0.39, 0.29) is 30.1 Å². The van der Waals surface area contributed by atoms with Crippen molar-refractivity contribution in [3.8, 4) is 5.75 Å². The molecule has 1 unspecified atom stereocenters. The number of halogens is 1. The summed E-state index contributed by atoms with van der Waals surface area (Å²) in [5.41, 5.74) is 2.13. The van der Waals surface area contributed by atoms with Crippen LogP contribution in [0.25, 0.3) is 0 Å². The number of methoxy groups -OCH3 is 1. The molecule has 166 valence electrons. The highest BCUT2D eigenvalue weighted by Gasteiger charge is 2.25. The van der Waals surface area contributed by atoms with E-state index in [1.807, 2.05) is 43.7 Å². The molecule has 1 saturated heterocycles. The van der Waals surface area contributed by atoms with E-state index in [0.717, 1.165) is 42.5 Å². The number of ether oxygens (including phenoxy) is 3. The highest BCUT2D eigenvalue weighted by molar-refractivity contribution is 14.0. The Hall–Kier alpha value is -1.85. The van der Waals surface area contributed by atoms with Gasteiger partial charge in [-0.15, -0.1) is 24.0 Å². The van der Waals surface area contributed by atoms with Crippen LogP contribution in [-0.4, -0.2) is 67.1 Å². The molecule has 2 heterocycles. The van der Waals surface area contributed by atoms with Crippen LogP contribution in [0, 0.1) is 0 Å². The minimum Gasteiger partial charge on any atom is -0.496 e. The Balaban J connectivity index is 0.00000320. The number of rotatable bonds is 8. The molecule has 1 aromatic carbocycles. The predicted molar refractivity (Wildman–Crippen MR) is 128 cm³/mol. The average Bonchev–Trinajstić information content (AvgIpc) is 3.19. The molecule has 0 aliphatic carbocycles. The molecule has 0 spiro atoms. The topological polar surface area (TPSA) is 73.1 Å². The Bertz CT molecular complexity index is 798. The molecule has 1 N–H and O–H groups in total. The second-order valence-electron chi connectivity index (χ2n) is 6.85. The minimum absolute atomic E-state index is 0. The van der Waals surface area contributed by atoms with Crippen molar-refractivity contribution in [2.75, 3.05) is 46.5 Å². The summed E-state index contributed by atoms with van der Waals surface area (Å²) in [6.07, 6.45) is 3.87. The van der Waals surface area contributed by atoms with Gasteiger partial charge in [0.1, 0.15) is 11.9 Å². The summed E-state index contributed by atoms with van der Waals surface area (Å²) >= 11 is 0. The molecule has 1 aliphatic rings. The van der Waals surface area contributed by atoms with E-state index in [2.05, 4.69) is 22.2 Å². The van der Waals surface area contributed by atoms with Crippen LogP contribution in [0.4, 0.5) is 0 Å². The molecule has 3 rings (SSSR count). The Labute approximate surface area is 195 Å². The maximum Gasteiger partial charge on any atom is 0.194 e. The first-order valence-electron chi connectivity index (χ1n) is 10.0. The van der Waals surface area contributed by atoms with Gasteiger partial charge in [0.2, 0.25) is 0 Å². The number of hydrogen-bond acceptors (Lipinski definition) is 5. The number of benzene rings is 1. The van der Waals surface area contributed by atoms with Crippen molar-refractivity contribution in [2.24, 2.45) is 12.0 Å². The van der Waals surface area contributed by atoms with E-state index >= 15 is 0 Å². The van der Waals surface area contributed by atoms with Gasteiger partial charge in [0, 0.05) is 37.5 Å². The van der Waals surface area contributed by atoms with Crippen molar-refractivity contribution in [3.63, 3.8) is 0 Å². The van der Waals surface area contributed by atoms with Crippen molar-refractivity contribution < 1.29 is 14.2 Å². The lowest BCUT2D eigenvalue weighted by molar-refractivity contribution is -0.00809. The Morgan fingerprint density at radius 3 is 2.93 bits per heavy atom. The Morgan fingerprint density at radius 1 is 1.37 bits per heavy atom. The monoisotopic (exact) mass is 529 g/mol. The van der Waals surface area contributed by atoms with Gasteiger partial charge >= 0.3 is 0 Å². The zero-order valence-corrected chi connectivity index (χ0v) is 20.2. The van der Waals surface area contributed by atoms with E-state index in [1.54, 1.807) is 11.8 Å². The molecule has 0 bridgehead atoms. The fraction of sp³-hybridized carbons (Fsp3) is 0.524. The summed E-state index contributed by atoms with van der Waals surface area (Å²) in [5.74, 6) is 1.74. The summed E-state index contributed by atoms with van der Waals surface area (Å²) < 4.78 is 18.9. The Morgan fingerprint density at radius 2 is 2.20 bits per heavy atom. The van der Waals surface area contributed by atoms with Crippen LogP contribution in [0.1, 0.15) is 24.2 Å². The van der Waals surface area contributed by atoms with Crippen LogP contribution < -0.4 is 10.1 Å². The molecular formula is C21H32IN5O3. The largest absolute Gasteiger partial charge is 0.496 e. The van der Waals surface area contributed by atoms with Gasteiger partial charge < -0.3 is 24.4 Å². The molecule has 1 atom stereocenters. The fourth-order valence-corrected chi connectivity index (χ4v) is 3.30. The second kappa shape index (κ2) is 12.8. The van der Waals surface area contributed by atoms with Gasteiger partial charge in [0.25, 0.3) is 0 Å². The smallest absolute Gasteiger partial charge is 0.194 e. The lowest BCUT2D eigenvalue weighted by Crippen LogP contribution is -2.48. The number of nitrogens with zero attached hydrogens (tertiary/aromatic N) is 4. The van der Waals surface area contributed by atoms with Gasteiger partial charge in [-0.25, -0.2) is 0 Å². The number of aromatic nitrogens is 2. The molecule has 9 heteroatoms. The van der Waals surface area contributed by atoms with Crippen LogP contribution in [-0.2, 0) is 23.1 Å². The third kappa shape index (κ3) is 6.85. The van der Waals surface area contributed by atoms with Crippen molar-refractivity contribution in [3.05, 3.63) is 47.8 Å². The molecule has 30 heavy (non-hydrogen) atoms. The van der Waals surface area contributed by atoms with E-state index in [0.29, 0.717) is 26.4 Å². The molecule has 0 amide bonds. The van der Waals surface area contributed by atoms with E-state index in [1.165, 1.54) is 0 Å². The summed E-state index contributed by atoms with van der Waals surface area (Å²) in [7, 11) is 3.59. The summed E-state index contributed by atoms with van der Waals surface area (Å²) in [6, 6.07) is 7.89. The van der Waals surface area contributed by atoms with E-state index in [4.69, 9.17) is 19.2 Å². The fourth-order valence-electron chi connectivity index (χ4n) is 3.30. The van der Waals surface area contributed by atoms with Gasteiger partial charge in [-0.2, -0.15) is 5.10 Å². The number of para-hydroxylation sites is 1. The lowest BCUT2D eigenvalue weighted by atomic mass is 10.1. The second-order valence-corrected chi connectivity index (χ2v) is 6.85. The SMILES string of the molecule is CCNC(=NCCOCc1ccccc1OC)N1CCOC(c2cnn(C)c2)C1.I. The van der Waals surface area contributed by atoms with Crippen LogP contribution >= 0.6 is 24.0 Å². The summed E-state index contributed by atoms with van der Waals surface area (Å²) in [4.78, 5) is 6.98. The number of hydrogen-bond donors (Lipinski definition) is 1. The first-order chi connectivity index (χ1) is 14.2. The number of nitrogens with one attached hydrogen (secondary N) is 1. The summed E-state index contributed by atoms with van der Waals surface area (Å²) in [6.45, 7) is 6.76. The van der Waals surface area contributed by atoms with Gasteiger partial charge in [-0.1, -0.05) is 18.2 Å². The van der Waals surface area contributed by atoms with Gasteiger partial charge in [0.05, 0.1) is 46.2 Å². The third-order valence-electron chi connectivity index (χ3n) is 4.74. The molecule has 0 saturated carbocycles. The number of guanidine groups is 1. The first-order valence-corrected chi connectivity index (χ1v) is 10.0. The van der Waals surface area contributed by atoms with E-state index in [9.17, 15) is 0 Å². The number of morpholine rings is 1. The zero-order chi connectivity index (χ0) is 20.5. The standard InChI is InChI=1S/C21H31N5O3.HI/c1-4-22-21(23-9-11-28-16-17-7-5-6-8-19(17)27-3)26-10-12-29-20(15-26)18-13-24-25(2)14-18;/h5-8,13-14,20H,4,9-12,15-16H2,1-3H3,(H,22,23);1H. The number of aliphatic imine (C=N–C) groups is 1. The molecule has 1 aromatic heterocycles. The molecule has 1 aliphatic heterocycles. The highest BCUT2D eigenvalue weighted by atomic mass is 127. The first kappa shape index (κ1) is 24.4. The van der Waals surface area contributed by atoms with Gasteiger partial charge in [-0.3, -0.25) is 9.67 Å². The Kier molecular flexibility index (Phi) is 10.4. The minimum atomic E-state index is 0. The quantitative estimate of drug-likeness (QED) is 0.246. The van der Waals surface area contributed by atoms with Crippen LogP contribution in [0.2, 0.25) is 0 Å². The normalized spacial score (nSPS) is 16.8. The maximum atomic E-state index is 5.94. The summed E-state index contributed by atoms with van der Waals surface area (Å²) in [5, 5.41) is 7.63. The molecular weight excluding hydrogens is 497 g/mol. The molecule has 1 fully saturated rings. The maximum absolute atomic E-state index is 5.94. The van der Waals surface area contributed by atoms with Crippen LogP contribution in [0.15, 0.2) is 41.7 Å². The van der Waals surface area contributed by atoms with Gasteiger partial charge in [0.15, 0.2) is 5.96 Å². The highest BCUT2D eigenvalue weighted by Crippen LogP contribution is 2.21.